The van der Waals surface area contributed by atoms with E-state index in [9.17, 15) is 19.2 Å². The zero-order valence-electron chi connectivity index (χ0n) is 33.5. The summed E-state index contributed by atoms with van der Waals surface area (Å²) in [6.07, 6.45) is 10.1. The summed E-state index contributed by atoms with van der Waals surface area (Å²) >= 11 is 0. The highest BCUT2D eigenvalue weighted by Gasteiger charge is 2.39. The van der Waals surface area contributed by atoms with Crippen LogP contribution in [0.15, 0.2) is 115 Å². The number of esters is 1. The van der Waals surface area contributed by atoms with Crippen molar-refractivity contribution in [3.63, 3.8) is 0 Å². The van der Waals surface area contributed by atoms with Gasteiger partial charge in [-0.05, 0) is 42.4 Å². The molecule has 3 amide bonds. The number of likely N-dealkylation sites (tertiary alicyclic amines) is 2. The summed E-state index contributed by atoms with van der Waals surface area (Å²) in [6.45, 7) is 1.14. The van der Waals surface area contributed by atoms with E-state index in [1.165, 1.54) is 14.2 Å². The Kier molecular flexibility index (Phi) is 11.9. The molecule has 2 saturated heterocycles. The second-order valence-electron chi connectivity index (χ2n) is 15.1. The van der Waals surface area contributed by atoms with Crippen LogP contribution in [0.2, 0.25) is 0 Å². The Bertz CT molecular complexity index is 2400. The molecule has 3 aromatic carbocycles. The molecule has 0 spiro atoms. The second kappa shape index (κ2) is 17.9. The van der Waals surface area contributed by atoms with Crippen molar-refractivity contribution in [1.82, 2.24) is 35.1 Å². The largest absolute Gasteiger partial charge is 0.469 e. The molecule has 5 aromatic rings. The average Bonchev–Trinajstić information content (AvgIpc) is 4.15. The van der Waals surface area contributed by atoms with Crippen LogP contribution in [0.25, 0.3) is 28.1 Å². The number of methoxy groups -OCH3 is 2. The van der Waals surface area contributed by atoms with Crippen LogP contribution < -0.4 is 5.32 Å². The third-order valence-corrected chi connectivity index (χ3v) is 11.5. The molecule has 60 heavy (non-hydrogen) atoms. The Morgan fingerprint density at radius 1 is 0.733 bits per heavy atom. The lowest BCUT2D eigenvalue weighted by atomic mass is 9.94. The molecule has 2 aromatic heterocycles. The van der Waals surface area contributed by atoms with Crippen molar-refractivity contribution in [1.29, 1.82) is 0 Å². The highest BCUT2D eigenvalue weighted by Crippen LogP contribution is 2.36. The summed E-state index contributed by atoms with van der Waals surface area (Å²) in [5.74, 6) is -0.679. The van der Waals surface area contributed by atoms with Gasteiger partial charge in [0.2, 0.25) is 11.8 Å². The number of carbonyl (C=O) groups is 4. The summed E-state index contributed by atoms with van der Waals surface area (Å²) in [5, 5.41) is 2.71. The Balaban J connectivity index is 0.900. The number of ether oxygens (including phenoxy) is 2. The number of aromatic amines is 1. The van der Waals surface area contributed by atoms with Crippen LogP contribution in [0.5, 0.6) is 0 Å². The molecule has 4 atom stereocenters. The molecule has 2 N–H and O–H groups in total. The SMILES string of the molecule is COC(=O)C[C@@H](C(=O)N1CCC[C@H]1c1ncc(-c2ccc(-c3cnc(C4=CN=C([C@@H]5CCCN5C(=O)[C@H](NC(=O)OC)c5ccccc5)C4)cn3)cc2)[nH]1)c1ccccc1. The number of alkyl carbamates (subject to hydrolysis) is 1. The number of hydrogen-bond donors (Lipinski definition) is 2. The number of benzene rings is 3. The van der Waals surface area contributed by atoms with E-state index >= 15 is 0 Å². The number of aliphatic imine (C=N–C) groups is 1. The maximum absolute atomic E-state index is 14.0. The number of aromatic nitrogens is 4. The first-order valence-electron chi connectivity index (χ1n) is 20.2. The van der Waals surface area contributed by atoms with Gasteiger partial charge in [0, 0.05) is 42.6 Å². The topological polar surface area (TPSA) is 172 Å². The van der Waals surface area contributed by atoms with Crippen LogP contribution in [0, 0.1) is 0 Å². The lowest BCUT2D eigenvalue weighted by Gasteiger charge is -2.29. The van der Waals surface area contributed by atoms with E-state index < -0.39 is 24.0 Å². The van der Waals surface area contributed by atoms with Crippen molar-refractivity contribution in [3.8, 4) is 22.5 Å². The molecular weight excluding hydrogens is 761 g/mol. The van der Waals surface area contributed by atoms with Gasteiger partial charge in [-0.3, -0.25) is 29.3 Å². The number of imidazole rings is 1. The van der Waals surface area contributed by atoms with E-state index in [-0.39, 0.29) is 30.3 Å². The number of rotatable bonds is 12. The Labute approximate surface area is 347 Å². The van der Waals surface area contributed by atoms with Crippen molar-refractivity contribution < 1.29 is 28.7 Å². The Morgan fingerprint density at radius 3 is 2.03 bits per heavy atom. The van der Waals surface area contributed by atoms with Gasteiger partial charge in [-0.1, -0.05) is 84.9 Å². The van der Waals surface area contributed by atoms with Crippen molar-refractivity contribution in [2.45, 2.75) is 62.6 Å². The van der Waals surface area contributed by atoms with E-state index in [2.05, 4.69) is 10.3 Å². The van der Waals surface area contributed by atoms with E-state index in [0.29, 0.717) is 42.3 Å². The molecule has 306 valence electrons. The second-order valence-corrected chi connectivity index (χ2v) is 15.1. The zero-order valence-corrected chi connectivity index (χ0v) is 33.5. The minimum Gasteiger partial charge on any atom is -0.469 e. The quantitative estimate of drug-likeness (QED) is 0.128. The molecule has 0 unspecified atom stereocenters. The van der Waals surface area contributed by atoms with E-state index in [0.717, 1.165) is 59.4 Å². The lowest BCUT2D eigenvalue weighted by Crippen LogP contribution is -2.47. The minimum absolute atomic E-state index is 0.0303. The number of hydrogen-bond acceptors (Lipinski definition) is 10. The summed E-state index contributed by atoms with van der Waals surface area (Å²) in [6, 6.07) is 25.2. The first-order chi connectivity index (χ1) is 29.3. The first-order valence-corrected chi connectivity index (χ1v) is 20.2. The van der Waals surface area contributed by atoms with E-state index in [1.807, 2.05) is 94.7 Å². The standard InChI is InChI=1S/C46H46N8O6/c1-59-41(55)24-34(29-11-5-3-6-12-29)44(56)54-22-10-16-40(54)43-50-28-38(51-43)31-19-17-30(18-20-31)36-26-49-37(27-48-36)33-23-35(47-25-33)39-15-9-21-53(39)45(57)42(52-46(58)60-2)32-13-7-4-8-14-32/h3-8,11-14,17-20,25-28,34,39-40,42H,9-10,15-16,21-24H2,1-2H3,(H,50,51)(H,52,58)/t34-,39+,40+,42-/m1/s1. The smallest absolute Gasteiger partial charge is 0.407 e. The number of allylic oxidation sites excluding steroid dienone is 1. The van der Waals surface area contributed by atoms with Crippen LogP contribution >= 0.6 is 0 Å². The average molecular weight is 807 g/mol. The number of amides is 3. The highest BCUT2D eigenvalue weighted by molar-refractivity contribution is 6.03. The van der Waals surface area contributed by atoms with Gasteiger partial charge in [-0.25, -0.2) is 9.78 Å². The van der Waals surface area contributed by atoms with Gasteiger partial charge < -0.3 is 29.6 Å². The van der Waals surface area contributed by atoms with Gasteiger partial charge in [-0.2, -0.15) is 0 Å². The van der Waals surface area contributed by atoms with Gasteiger partial charge in [0.15, 0.2) is 0 Å². The normalized spacial score (nSPS) is 18.4. The molecule has 2 fully saturated rings. The predicted octanol–water partition coefficient (Wildman–Crippen LogP) is 6.82. The fraction of sp³-hybridized carbons (Fsp3) is 0.304. The molecule has 8 rings (SSSR count). The zero-order chi connectivity index (χ0) is 41.6. The molecule has 14 heteroatoms. The van der Waals surface area contributed by atoms with Crippen molar-refractivity contribution >= 4 is 35.2 Å². The van der Waals surface area contributed by atoms with Gasteiger partial charge in [-0.15, -0.1) is 0 Å². The highest BCUT2D eigenvalue weighted by atomic mass is 16.5. The van der Waals surface area contributed by atoms with Gasteiger partial charge in [0.25, 0.3) is 0 Å². The van der Waals surface area contributed by atoms with Crippen molar-refractivity contribution in [2.24, 2.45) is 4.99 Å². The van der Waals surface area contributed by atoms with Gasteiger partial charge in [0.1, 0.15) is 11.9 Å². The molecule has 0 bridgehead atoms. The summed E-state index contributed by atoms with van der Waals surface area (Å²) in [7, 11) is 2.62. The number of H-pyrrole nitrogens is 1. The fourth-order valence-corrected chi connectivity index (χ4v) is 8.37. The fourth-order valence-electron chi connectivity index (χ4n) is 8.37. The lowest BCUT2D eigenvalue weighted by molar-refractivity contribution is -0.145. The summed E-state index contributed by atoms with van der Waals surface area (Å²) in [5.41, 5.74) is 7.35. The molecule has 3 aliphatic heterocycles. The van der Waals surface area contributed by atoms with Gasteiger partial charge >= 0.3 is 12.1 Å². The summed E-state index contributed by atoms with van der Waals surface area (Å²) in [4.78, 5) is 78.4. The minimum atomic E-state index is -0.877. The molecule has 5 heterocycles. The third kappa shape index (κ3) is 8.44. The molecular formula is C46H46N8O6. The maximum atomic E-state index is 14.0. The predicted molar refractivity (Wildman–Crippen MR) is 224 cm³/mol. The van der Waals surface area contributed by atoms with E-state index in [4.69, 9.17) is 29.4 Å². The van der Waals surface area contributed by atoms with Crippen molar-refractivity contribution in [2.75, 3.05) is 27.3 Å². The number of nitrogens with one attached hydrogen (secondary N) is 2. The monoisotopic (exact) mass is 806 g/mol. The van der Waals surface area contributed by atoms with Crippen LogP contribution in [-0.2, 0) is 23.9 Å². The number of nitrogens with zero attached hydrogens (tertiary/aromatic N) is 6. The number of carbonyl (C=O) groups excluding carboxylic acids is 4. The Hall–Kier alpha value is -6.96. The van der Waals surface area contributed by atoms with Crippen molar-refractivity contribution in [3.05, 3.63) is 132 Å². The first kappa shape index (κ1) is 39.8. The maximum Gasteiger partial charge on any atom is 0.407 e. The van der Waals surface area contributed by atoms with Crippen LogP contribution in [0.4, 0.5) is 4.79 Å². The van der Waals surface area contributed by atoms with Crippen LogP contribution in [-0.4, -0.2) is 92.7 Å². The molecule has 0 saturated carbocycles. The van der Waals surface area contributed by atoms with E-state index in [1.54, 1.807) is 24.8 Å². The van der Waals surface area contributed by atoms with Gasteiger partial charge in [0.05, 0.1) is 74.3 Å². The Morgan fingerprint density at radius 2 is 1.37 bits per heavy atom. The van der Waals surface area contributed by atoms with Crippen LogP contribution in [0.1, 0.15) is 79.2 Å². The summed E-state index contributed by atoms with van der Waals surface area (Å²) < 4.78 is 9.76. The molecule has 0 aliphatic carbocycles. The third-order valence-electron chi connectivity index (χ3n) is 11.5. The van der Waals surface area contributed by atoms with Crippen LogP contribution in [0.3, 0.4) is 0 Å². The molecule has 3 aliphatic rings. The molecule has 0 radical (unpaired) electrons. The molecule has 14 nitrogen and oxygen atoms in total.